The predicted molar refractivity (Wildman–Crippen MR) is 246 cm³/mol. The fourth-order valence-corrected chi connectivity index (χ4v) is 10.5. The minimum absolute atomic E-state index is 0.196. The molecule has 3 nitrogen and oxygen atoms in total. The minimum atomic E-state index is -0.391. The summed E-state index contributed by atoms with van der Waals surface area (Å²) < 4.78 is 55.3. The van der Waals surface area contributed by atoms with Gasteiger partial charge in [-0.1, -0.05) is 121 Å². The van der Waals surface area contributed by atoms with Gasteiger partial charge < -0.3 is 13.6 Å². The van der Waals surface area contributed by atoms with Crippen molar-refractivity contribution < 1.29 is 11.3 Å². The van der Waals surface area contributed by atoms with E-state index in [1.165, 1.54) is 10.8 Å². The molecular weight excluding hydrogens is 725 g/mol. The van der Waals surface area contributed by atoms with Gasteiger partial charge in [0, 0.05) is 52.8 Å². The first-order valence-corrected chi connectivity index (χ1v) is 20.2. The Morgan fingerprint density at radius 3 is 1.83 bits per heavy atom. The van der Waals surface area contributed by atoms with Crippen molar-refractivity contribution in [2.75, 3.05) is 0 Å². The van der Waals surface area contributed by atoms with Gasteiger partial charge in [-0.3, -0.25) is 0 Å². The molecule has 13 rings (SSSR count). The van der Waals surface area contributed by atoms with Crippen LogP contribution >= 0.6 is 11.3 Å². The summed E-state index contributed by atoms with van der Waals surface area (Å²) in [6, 6.07) is 56.1. The highest BCUT2D eigenvalue weighted by Crippen LogP contribution is 2.44. The van der Waals surface area contributed by atoms with Gasteiger partial charge in [0.05, 0.1) is 40.0 Å². The lowest BCUT2D eigenvalue weighted by Crippen LogP contribution is -1.94. The number of nitrogens with zero attached hydrogens (tertiary/aromatic N) is 2. The molecule has 58 heavy (non-hydrogen) atoms. The van der Waals surface area contributed by atoms with Crippen molar-refractivity contribution in [2.45, 2.75) is 0 Å². The third-order valence-electron chi connectivity index (χ3n) is 11.8. The number of hydrogen-bond acceptors (Lipinski definition) is 2. The lowest BCUT2D eigenvalue weighted by molar-refractivity contribution is 0.669. The molecule has 0 fully saturated rings. The molecule has 0 saturated carbocycles. The van der Waals surface area contributed by atoms with E-state index in [9.17, 15) is 0 Å². The summed E-state index contributed by atoms with van der Waals surface area (Å²) in [6.07, 6.45) is 0. The van der Waals surface area contributed by atoms with Gasteiger partial charge in [0.1, 0.15) is 11.2 Å². The van der Waals surface area contributed by atoms with E-state index in [-0.39, 0.29) is 29.7 Å². The van der Waals surface area contributed by atoms with Gasteiger partial charge in [-0.2, -0.15) is 0 Å². The molecule has 0 atom stereocenters. The second-order valence-electron chi connectivity index (χ2n) is 14.9. The molecule has 4 aromatic heterocycles. The Morgan fingerprint density at radius 1 is 0.414 bits per heavy atom. The molecular formula is C54H32N2OS. The first kappa shape index (κ1) is 27.2. The molecule has 0 aliphatic carbocycles. The van der Waals surface area contributed by atoms with Crippen molar-refractivity contribution in [2.24, 2.45) is 0 Å². The van der Waals surface area contributed by atoms with Crippen LogP contribution in [0.25, 0.3) is 119 Å². The maximum atomic E-state index is 8.73. The number of rotatable bonds is 4. The zero-order valence-corrected chi connectivity index (χ0v) is 31.6. The molecule has 0 aliphatic rings. The third kappa shape index (κ3) is 4.49. The van der Waals surface area contributed by atoms with Gasteiger partial charge in [-0.15, -0.1) is 11.3 Å². The molecule has 0 spiro atoms. The van der Waals surface area contributed by atoms with E-state index < -0.39 is 6.04 Å². The smallest absolute Gasteiger partial charge is 0.137 e. The number of thiophene rings is 1. The van der Waals surface area contributed by atoms with Gasteiger partial charge >= 0.3 is 0 Å². The number of furan rings is 1. The number of para-hydroxylation sites is 3. The molecule has 0 radical (unpaired) electrons. The quantitative estimate of drug-likeness (QED) is 0.175. The molecule has 270 valence electrons. The van der Waals surface area contributed by atoms with Crippen LogP contribution in [-0.2, 0) is 0 Å². The molecule has 9 aromatic carbocycles. The van der Waals surface area contributed by atoms with E-state index in [0.29, 0.717) is 5.56 Å². The third-order valence-corrected chi connectivity index (χ3v) is 12.9. The molecule has 13 aromatic rings. The zero-order valence-electron chi connectivity index (χ0n) is 35.8. The van der Waals surface area contributed by atoms with Crippen LogP contribution in [0, 0.1) is 0 Å². The monoisotopic (exact) mass is 761 g/mol. The number of benzene rings is 9. The summed E-state index contributed by atoms with van der Waals surface area (Å²) in [4.78, 5) is 0. The maximum absolute atomic E-state index is 8.73. The highest BCUT2D eigenvalue weighted by atomic mass is 32.1. The fraction of sp³-hybridized carbons (Fsp3) is 0. The number of fused-ring (bicyclic) bond motifs is 12. The van der Waals surface area contributed by atoms with Gasteiger partial charge in [-0.25, -0.2) is 0 Å². The predicted octanol–water partition coefficient (Wildman–Crippen LogP) is 15.5. The van der Waals surface area contributed by atoms with Gasteiger partial charge in [0.15, 0.2) is 0 Å². The molecule has 0 N–H and O–H groups in total. The standard InChI is InChI=1S/C54H32N2OS/c1-2-12-33(13-3-1)37-17-10-23-51-53(37)41-27-26-36(32-52(41)58-51)55-44-18-7-4-14-38(44)42-30-34(24-28-46(42)55)35-25-29-47-43(31-35)39-15-5-8-19-45(39)56(47)48-20-11-22-50-54(48)40-16-6-9-21-49(40)57-50/h1-32H/i1D,2D,3D,12D,13D. The van der Waals surface area contributed by atoms with E-state index in [4.69, 9.17) is 11.3 Å². The highest BCUT2D eigenvalue weighted by molar-refractivity contribution is 7.26. The van der Waals surface area contributed by atoms with E-state index in [2.05, 4.69) is 137 Å². The summed E-state index contributed by atoms with van der Waals surface area (Å²) in [6.45, 7) is 0. The van der Waals surface area contributed by atoms with Crippen molar-refractivity contribution >= 4 is 97.1 Å². The Labute approximate surface area is 343 Å². The lowest BCUT2D eigenvalue weighted by atomic mass is 9.99. The molecule has 0 saturated heterocycles. The number of hydrogen-bond donors (Lipinski definition) is 0. The van der Waals surface area contributed by atoms with Crippen molar-refractivity contribution in [3.05, 3.63) is 194 Å². The van der Waals surface area contributed by atoms with Crippen LogP contribution in [0.5, 0.6) is 0 Å². The first-order chi connectivity index (χ1) is 30.8. The summed E-state index contributed by atoms with van der Waals surface area (Å²) in [5, 5.41) is 8.76. The lowest BCUT2D eigenvalue weighted by Gasteiger charge is -2.10. The second kappa shape index (κ2) is 12.1. The first-order valence-electron chi connectivity index (χ1n) is 21.8. The molecule has 0 unspecified atom stereocenters. The van der Waals surface area contributed by atoms with E-state index in [0.717, 1.165) is 97.5 Å². The number of aromatic nitrogens is 2. The zero-order chi connectivity index (χ0) is 42.2. The van der Waals surface area contributed by atoms with Crippen molar-refractivity contribution in [1.29, 1.82) is 0 Å². The Balaban J connectivity index is 0.961. The van der Waals surface area contributed by atoms with Crippen molar-refractivity contribution in [1.82, 2.24) is 9.13 Å². The fourth-order valence-electron chi connectivity index (χ4n) is 9.33. The van der Waals surface area contributed by atoms with Crippen LogP contribution in [0.3, 0.4) is 0 Å². The summed E-state index contributed by atoms with van der Waals surface area (Å²) in [7, 11) is 0. The minimum Gasteiger partial charge on any atom is -0.456 e. The Morgan fingerprint density at radius 2 is 1.05 bits per heavy atom. The molecule has 4 heterocycles. The molecule has 4 heteroatoms. The molecule has 0 bridgehead atoms. The van der Waals surface area contributed by atoms with E-state index >= 15 is 0 Å². The van der Waals surface area contributed by atoms with Crippen LogP contribution in [0.2, 0.25) is 0 Å². The van der Waals surface area contributed by atoms with Crippen LogP contribution in [0.4, 0.5) is 0 Å². The van der Waals surface area contributed by atoms with E-state index in [1.54, 1.807) is 11.3 Å². The summed E-state index contributed by atoms with van der Waals surface area (Å²) >= 11 is 1.65. The average molecular weight is 762 g/mol. The van der Waals surface area contributed by atoms with Gasteiger partial charge in [0.2, 0.25) is 0 Å². The van der Waals surface area contributed by atoms with Crippen LogP contribution in [0.15, 0.2) is 198 Å². The van der Waals surface area contributed by atoms with Gasteiger partial charge in [0.25, 0.3) is 0 Å². The second-order valence-corrected chi connectivity index (χ2v) is 16.0. The van der Waals surface area contributed by atoms with Gasteiger partial charge in [-0.05, 0) is 95.1 Å². The van der Waals surface area contributed by atoms with Crippen molar-refractivity contribution in [3.63, 3.8) is 0 Å². The topological polar surface area (TPSA) is 23.0 Å². The van der Waals surface area contributed by atoms with Crippen molar-refractivity contribution in [3.8, 4) is 33.6 Å². The van der Waals surface area contributed by atoms with Crippen LogP contribution in [-0.4, -0.2) is 9.13 Å². The Hall–Kier alpha value is -7.40. The van der Waals surface area contributed by atoms with E-state index in [1.807, 2.05) is 36.4 Å². The molecule has 0 aliphatic heterocycles. The summed E-state index contributed by atoms with van der Waals surface area (Å²) in [5.41, 5.74) is 11.5. The Kier molecular flexibility index (Phi) is 5.66. The SMILES string of the molecule is [2H]c1c([2H])c([2H])c(-c2cccc3sc4cc(-n5c6ccccc6c6cc(-c7ccc8c(c7)c7ccccc7n8-c7cccc8oc9ccccc9c78)ccc65)ccc4c23)c([2H])c1[2H]. The normalized spacial score (nSPS) is 13.3. The average Bonchev–Trinajstić information content (AvgIpc) is 4.07. The molecule has 0 amide bonds. The summed E-state index contributed by atoms with van der Waals surface area (Å²) in [5.74, 6) is 0. The largest absolute Gasteiger partial charge is 0.456 e. The Bertz CT molecular complexity index is 4090. The highest BCUT2D eigenvalue weighted by Gasteiger charge is 2.20. The van der Waals surface area contributed by atoms with Crippen LogP contribution < -0.4 is 0 Å². The maximum Gasteiger partial charge on any atom is 0.137 e. The van der Waals surface area contributed by atoms with Crippen LogP contribution in [0.1, 0.15) is 6.85 Å².